The second-order valence-corrected chi connectivity index (χ2v) is 9.40. The number of fused-ring (bicyclic) bond motifs is 3. The first-order valence-electron chi connectivity index (χ1n) is 9.83. The number of nitrogens with zero attached hydrogens (tertiary/aromatic N) is 3. The van der Waals surface area contributed by atoms with Crippen LogP contribution in [0.1, 0.15) is 16.4 Å². The van der Waals surface area contributed by atoms with Gasteiger partial charge in [0.1, 0.15) is 11.6 Å². The molecule has 6 nitrogen and oxygen atoms in total. The molecule has 5 aromatic rings. The molecule has 0 atom stereocenters. The molecule has 156 valence electrons. The van der Waals surface area contributed by atoms with Crippen LogP contribution >= 0.6 is 22.7 Å². The number of ether oxygens (including phenoxy) is 1. The number of rotatable bonds is 6. The third-order valence-electron chi connectivity index (χ3n) is 5.04. The number of thiazole rings is 1. The lowest BCUT2D eigenvalue weighted by Gasteiger charge is -2.10. The van der Waals surface area contributed by atoms with E-state index in [4.69, 9.17) is 4.74 Å². The van der Waals surface area contributed by atoms with Crippen LogP contribution in [0.2, 0.25) is 0 Å². The molecule has 0 radical (unpaired) electrons. The fourth-order valence-electron chi connectivity index (χ4n) is 3.51. The Bertz CT molecular complexity index is 1380. The Morgan fingerprint density at radius 3 is 2.81 bits per heavy atom. The van der Waals surface area contributed by atoms with Gasteiger partial charge in [-0.3, -0.25) is 4.79 Å². The summed E-state index contributed by atoms with van der Waals surface area (Å²) >= 11 is 3.28. The minimum absolute atomic E-state index is 0.0514. The molecule has 0 saturated heterocycles. The maximum atomic E-state index is 12.5. The minimum atomic E-state index is -0.192. The highest BCUT2D eigenvalue weighted by Gasteiger charge is 2.14. The van der Waals surface area contributed by atoms with Gasteiger partial charge in [0.05, 0.1) is 19.9 Å². The summed E-state index contributed by atoms with van der Waals surface area (Å²) in [5, 5.41) is 6.94. The lowest BCUT2D eigenvalue weighted by molar-refractivity contribution is -0.118. The highest BCUT2D eigenvalue weighted by atomic mass is 32.1. The molecular weight excluding hydrogens is 428 g/mol. The number of hydrogen-bond donors (Lipinski definition) is 1. The average Bonchev–Trinajstić information content (AvgIpc) is 3.47. The van der Waals surface area contributed by atoms with Gasteiger partial charge in [0.2, 0.25) is 0 Å². The Hall–Kier alpha value is -3.23. The van der Waals surface area contributed by atoms with Crippen molar-refractivity contribution in [3.05, 3.63) is 70.6 Å². The molecule has 0 spiro atoms. The molecular formula is C23H20N4O2S2. The van der Waals surface area contributed by atoms with Crippen molar-refractivity contribution in [3.63, 3.8) is 0 Å². The monoisotopic (exact) mass is 448 g/mol. The van der Waals surface area contributed by atoms with E-state index in [1.807, 2.05) is 61.8 Å². The maximum Gasteiger partial charge on any atom is 0.262 e. The lowest BCUT2D eigenvalue weighted by atomic mass is 10.2. The number of carbonyl (C=O) groups excluding carboxylic acids is 1. The van der Waals surface area contributed by atoms with Crippen LogP contribution in [0, 0.1) is 13.8 Å². The van der Waals surface area contributed by atoms with Crippen molar-refractivity contribution < 1.29 is 9.53 Å². The van der Waals surface area contributed by atoms with E-state index >= 15 is 0 Å². The van der Waals surface area contributed by atoms with E-state index in [1.54, 1.807) is 28.9 Å². The molecule has 1 amide bonds. The molecule has 0 aliphatic carbocycles. The molecule has 2 aromatic carbocycles. The van der Waals surface area contributed by atoms with Crippen LogP contribution in [0.25, 0.3) is 20.3 Å². The van der Waals surface area contributed by atoms with Crippen LogP contribution in [0.15, 0.2) is 54.2 Å². The van der Waals surface area contributed by atoms with E-state index in [9.17, 15) is 4.79 Å². The zero-order valence-corrected chi connectivity index (χ0v) is 18.7. The van der Waals surface area contributed by atoms with E-state index in [2.05, 4.69) is 19.9 Å². The highest BCUT2D eigenvalue weighted by Crippen LogP contribution is 2.38. The Balaban J connectivity index is 1.25. The summed E-state index contributed by atoms with van der Waals surface area (Å²) in [7, 11) is 0. The number of benzene rings is 2. The Kier molecular flexibility index (Phi) is 5.17. The van der Waals surface area contributed by atoms with Crippen molar-refractivity contribution in [2.75, 3.05) is 11.9 Å². The van der Waals surface area contributed by atoms with Gasteiger partial charge >= 0.3 is 0 Å². The molecule has 0 aliphatic heterocycles. The topological polar surface area (TPSA) is 69.0 Å². The summed E-state index contributed by atoms with van der Waals surface area (Å²) in [5.41, 5.74) is 2.90. The molecule has 3 aromatic heterocycles. The van der Waals surface area contributed by atoms with E-state index < -0.39 is 0 Å². The lowest BCUT2D eigenvalue weighted by Crippen LogP contribution is -2.20. The number of carbonyl (C=O) groups is 1. The van der Waals surface area contributed by atoms with Crippen molar-refractivity contribution in [3.8, 4) is 5.75 Å². The standard InChI is InChI=1S/C23H20N4O2S2/c1-14-24-8-9-27(14)12-16-3-5-17(6-4-16)26-21(28)13-29-19-11-20-22(25-15(2)31-20)23-18(19)7-10-30-23/h3-11H,12-13H2,1-2H3,(H,26,28). The molecule has 5 rings (SSSR count). The number of anilines is 1. The number of aromatic nitrogens is 3. The fraction of sp³-hybridized carbons (Fsp3) is 0.174. The molecule has 0 fully saturated rings. The van der Waals surface area contributed by atoms with Crippen molar-refractivity contribution >= 4 is 54.6 Å². The number of hydrogen-bond acceptors (Lipinski definition) is 6. The summed E-state index contributed by atoms with van der Waals surface area (Å²) in [6.07, 6.45) is 3.75. The average molecular weight is 449 g/mol. The van der Waals surface area contributed by atoms with Crippen LogP contribution in [0.5, 0.6) is 5.75 Å². The van der Waals surface area contributed by atoms with Crippen molar-refractivity contribution in [2.24, 2.45) is 0 Å². The first kappa shape index (κ1) is 19.7. The third-order valence-corrected chi connectivity index (χ3v) is 6.88. The zero-order valence-electron chi connectivity index (χ0n) is 17.1. The number of amides is 1. The third kappa shape index (κ3) is 4.04. The van der Waals surface area contributed by atoms with Gasteiger partial charge in [-0.25, -0.2) is 9.97 Å². The van der Waals surface area contributed by atoms with Gasteiger partial charge in [-0.05, 0) is 43.0 Å². The fourth-order valence-corrected chi connectivity index (χ4v) is 5.34. The zero-order chi connectivity index (χ0) is 21.4. The molecule has 31 heavy (non-hydrogen) atoms. The van der Waals surface area contributed by atoms with Gasteiger partial charge in [-0.2, -0.15) is 0 Å². The number of nitrogens with one attached hydrogen (secondary N) is 1. The number of thiophene rings is 1. The van der Waals surface area contributed by atoms with Gasteiger partial charge in [0.15, 0.2) is 6.61 Å². The summed E-state index contributed by atoms with van der Waals surface area (Å²) in [5.74, 6) is 1.50. The first-order chi connectivity index (χ1) is 15.1. The normalized spacial score (nSPS) is 11.3. The molecule has 0 unspecified atom stereocenters. The SMILES string of the molecule is Cc1nc2c(cc(OCC(=O)Nc3ccc(Cn4ccnc4C)cc3)c3ccsc32)s1. The van der Waals surface area contributed by atoms with Crippen molar-refractivity contribution in [1.82, 2.24) is 14.5 Å². The van der Waals surface area contributed by atoms with Crippen LogP contribution in [0.3, 0.4) is 0 Å². The molecule has 0 bridgehead atoms. The molecule has 1 N–H and O–H groups in total. The second kappa shape index (κ2) is 8.13. The molecule has 0 aliphatic rings. The second-order valence-electron chi connectivity index (χ2n) is 7.25. The Morgan fingerprint density at radius 2 is 2.03 bits per heavy atom. The van der Waals surface area contributed by atoms with Gasteiger partial charge in [0.25, 0.3) is 5.91 Å². The van der Waals surface area contributed by atoms with Crippen LogP contribution < -0.4 is 10.1 Å². The van der Waals surface area contributed by atoms with E-state index in [0.29, 0.717) is 5.75 Å². The Labute approximate surface area is 187 Å². The largest absolute Gasteiger partial charge is 0.483 e. The summed E-state index contributed by atoms with van der Waals surface area (Å²) in [6.45, 7) is 4.68. The first-order valence-corrected chi connectivity index (χ1v) is 11.5. The van der Waals surface area contributed by atoms with E-state index in [1.165, 1.54) is 0 Å². The molecule has 0 saturated carbocycles. The smallest absolute Gasteiger partial charge is 0.262 e. The molecule has 8 heteroatoms. The summed E-state index contributed by atoms with van der Waals surface area (Å²) in [4.78, 5) is 21.3. The minimum Gasteiger partial charge on any atom is -0.483 e. The van der Waals surface area contributed by atoms with E-state index in [0.717, 1.165) is 48.9 Å². The van der Waals surface area contributed by atoms with E-state index in [-0.39, 0.29) is 12.5 Å². The van der Waals surface area contributed by atoms with Crippen molar-refractivity contribution in [1.29, 1.82) is 0 Å². The number of aryl methyl sites for hydroxylation is 2. The number of imidazole rings is 1. The van der Waals surface area contributed by atoms with Gasteiger partial charge < -0.3 is 14.6 Å². The van der Waals surface area contributed by atoms with Crippen LogP contribution in [0.4, 0.5) is 5.69 Å². The Morgan fingerprint density at radius 1 is 1.19 bits per heavy atom. The quantitative estimate of drug-likeness (QED) is 0.378. The maximum absolute atomic E-state index is 12.5. The van der Waals surface area contributed by atoms with Gasteiger partial charge in [-0.1, -0.05) is 12.1 Å². The molecule has 3 heterocycles. The summed E-state index contributed by atoms with van der Waals surface area (Å²) in [6, 6.07) is 11.8. The summed E-state index contributed by atoms with van der Waals surface area (Å²) < 4.78 is 10.2. The van der Waals surface area contributed by atoms with Crippen molar-refractivity contribution in [2.45, 2.75) is 20.4 Å². The van der Waals surface area contributed by atoms with Gasteiger partial charge in [0, 0.05) is 36.1 Å². The highest BCUT2D eigenvalue weighted by molar-refractivity contribution is 7.21. The van der Waals surface area contributed by atoms with Gasteiger partial charge in [-0.15, -0.1) is 22.7 Å². The van der Waals surface area contributed by atoms with Crippen LogP contribution in [-0.2, 0) is 11.3 Å². The van der Waals surface area contributed by atoms with Crippen LogP contribution in [-0.4, -0.2) is 27.0 Å². The predicted octanol–water partition coefficient (Wildman–Crippen LogP) is 5.39. The predicted molar refractivity (Wildman–Crippen MR) is 126 cm³/mol.